The van der Waals surface area contributed by atoms with E-state index in [4.69, 9.17) is 0 Å². The van der Waals surface area contributed by atoms with Crippen LogP contribution in [0.2, 0.25) is 0 Å². The second-order valence-electron chi connectivity index (χ2n) is 6.87. The minimum atomic E-state index is -4.44. The van der Waals surface area contributed by atoms with E-state index in [1.807, 2.05) is 6.07 Å². The van der Waals surface area contributed by atoms with Crippen LogP contribution in [0, 0.1) is 5.92 Å². The molecule has 0 unspecified atom stereocenters. The molecule has 3 nitrogen and oxygen atoms in total. The Hall–Kier alpha value is -1.82. The molecule has 136 valence electrons. The number of rotatable bonds is 5. The van der Waals surface area contributed by atoms with Crippen LogP contribution >= 0.6 is 0 Å². The van der Waals surface area contributed by atoms with E-state index >= 15 is 0 Å². The third-order valence-electron chi connectivity index (χ3n) is 4.85. The summed E-state index contributed by atoms with van der Waals surface area (Å²) in [7, 11) is 0. The molecule has 25 heavy (non-hydrogen) atoms. The Bertz CT molecular complexity index is 707. The van der Waals surface area contributed by atoms with Crippen LogP contribution in [0.5, 0.6) is 0 Å². The molecule has 2 heterocycles. The third kappa shape index (κ3) is 4.63. The number of alkyl halides is 3. The van der Waals surface area contributed by atoms with Gasteiger partial charge in [0.1, 0.15) is 5.69 Å². The van der Waals surface area contributed by atoms with Gasteiger partial charge in [0.15, 0.2) is 0 Å². The molecule has 0 spiro atoms. The number of halogens is 3. The second kappa shape index (κ2) is 7.60. The number of nitrogens with zero attached hydrogens (tertiary/aromatic N) is 2. The van der Waals surface area contributed by atoms with Crippen LogP contribution in [0.4, 0.5) is 18.9 Å². The Morgan fingerprint density at radius 3 is 2.64 bits per heavy atom. The molecule has 0 aliphatic carbocycles. The van der Waals surface area contributed by atoms with Crippen LogP contribution in [-0.2, 0) is 6.18 Å². The first-order valence-corrected chi connectivity index (χ1v) is 8.86. The lowest BCUT2D eigenvalue weighted by Gasteiger charge is -2.30. The normalized spacial score (nSPS) is 17.1. The summed E-state index contributed by atoms with van der Waals surface area (Å²) in [6.45, 7) is 6.16. The van der Waals surface area contributed by atoms with Crippen LogP contribution in [0.15, 0.2) is 30.3 Å². The fourth-order valence-electron chi connectivity index (χ4n) is 3.28. The molecule has 1 aromatic carbocycles. The van der Waals surface area contributed by atoms with Gasteiger partial charge in [0.25, 0.3) is 0 Å². The maximum atomic E-state index is 13.1. The van der Waals surface area contributed by atoms with Gasteiger partial charge in [-0.1, -0.05) is 25.1 Å². The topological polar surface area (TPSA) is 28.2 Å². The van der Waals surface area contributed by atoms with E-state index in [1.54, 1.807) is 18.2 Å². The van der Waals surface area contributed by atoms with Gasteiger partial charge in [-0.05, 0) is 56.9 Å². The number of benzene rings is 1. The van der Waals surface area contributed by atoms with E-state index in [0.29, 0.717) is 17.7 Å². The summed E-state index contributed by atoms with van der Waals surface area (Å²) in [5, 5.41) is 3.91. The molecule has 1 aromatic heterocycles. The lowest BCUT2D eigenvalue weighted by molar-refractivity contribution is -0.140. The minimum absolute atomic E-state index is 0.366. The van der Waals surface area contributed by atoms with Crippen molar-refractivity contribution >= 4 is 16.6 Å². The largest absolute Gasteiger partial charge is 0.433 e. The van der Waals surface area contributed by atoms with E-state index in [1.165, 1.54) is 12.8 Å². The van der Waals surface area contributed by atoms with Crippen LogP contribution in [0.1, 0.15) is 31.9 Å². The van der Waals surface area contributed by atoms with Crippen LogP contribution < -0.4 is 5.32 Å². The Morgan fingerprint density at radius 2 is 1.92 bits per heavy atom. The number of hydrogen-bond acceptors (Lipinski definition) is 3. The summed E-state index contributed by atoms with van der Waals surface area (Å²) in [6.07, 6.45) is -1.06. The lowest BCUT2D eigenvalue weighted by Crippen LogP contribution is -2.34. The van der Waals surface area contributed by atoms with Crippen molar-refractivity contribution in [1.29, 1.82) is 0 Å². The van der Waals surface area contributed by atoms with Gasteiger partial charge in [0.2, 0.25) is 0 Å². The zero-order valence-corrected chi connectivity index (χ0v) is 14.4. The Labute approximate surface area is 146 Å². The monoisotopic (exact) mass is 351 g/mol. The first-order chi connectivity index (χ1) is 11.9. The van der Waals surface area contributed by atoms with Crippen LogP contribution in [0.3, 0.4) is 0 Å². The van der Waals surface area contributed by atoms with Gasteiger partial charge in [-0.2, -0.15) is 13.2 Å². The number of aromatic nitrogens is 1. The van der Waals surface area contributed by atoms with Crippen molar-refractivity contribution in [3.8, 4) is 0 Å². The summed E-state index contributed by atoms with van der Waals surface area (Å²) in [6, 6.07) is 8.06. The number of pyridine rings is 1. The lowest BCUT2D eigenvalue weighted by atomic mass is 9.99. The van der Waals surface area contributed by atoms with Gasteiger partial charge < -0.3 is 10.2 Å². The molecule has 0 atom stereocenters. The fraction of sp³-hybridized carbons (Fsp3) is 0.526. The van der Waals surface area contributed by atoms with Crippen molar-refractivity contribution in [2.24, 2.45) is 5.92 Å². The molecule has 1 N–H and O–H groups in total. The van der Waals surface area contributed by atoms with Gasteiger partial charge in [-0.15, -0.1) is 0 Å². The summed E-state index contributed by atoms with van der Waals surface area (Å²) in [5.74, 6) is 0.804. The molecule has 3 rings (SSSR count). The quantitative estimate of drug-likeness (QED) is 0.785. The van der Waals surface area contributed by atoms with E-state index in [2.05, 4.69) is 22.1 Å². The van der Waals surface area contributed by atoms with Gasteiger partial charge >= 0.3 is 6.18 Å². The van der Waals surface area contributed by atoms with Gasteiger partial charge in [-0.25, -0.2) is 4.98 Å². The maximum absolute atomic E-state index is 13.1. The molecule has 1 aliphatic rings. The van der Waals surface area contributed by atoms with Crippen molar-refractivity contribution in [3.05, 3.63) is 36.0 Å². The van der Waals surface area contributed by atoms with Crippen molar-refractivity contribution in [3.63, 3.8) is 0 Å². The molecule has 1 aliphatic heterocycles. The first-order valence-electron chi connectivity index (χ1n) is 8.86. The predicted molar refractivity (Wildman–Crippen MR) is 94.7 cm³/mol. The second-order valence-corrected chi connectivity index (χ2v) is 6.87. The van der Waals surface area contributed by atoms with Crippen molar-refractivity contribution < 1.29 is 13.2 Å². The molecule has 2 aromatic rings. The first kappa shape index (κ1) is 18.0. The summed E-state index contributed by atoms with van der Waals surface area (Å²) >= 11 is 0. The SMILES string of the molecule is CC1CCN(CCCNc2cc(C(F)(F)F)nc3ccccc23)CC1. The molecule has 6 heteroatoms. The number of hydrogen-bond donors (Lipinski definition) is 1. The van der Waals surface area contributed by atoms with Crippen molar-refractivity contribution in [1.82, 2.24) is 9.88 Å². The number of para-hydroxylation sites is 1. The Kier molecular flexibility index (Phi) is 5.47. The molecule has 0 radical (unpaired) electrons. The van der Waals surface area contributed by atoms with Crippen LogP contribution in [-0.4, -0.2) is 36.1 Å². The number of piperidine rings is 1. The van der Waals surface area contributed by atoms with Crippen molar-refractivity contribution in [2.45, 2.75) is 32.4 Å². The molecule has 0 bridgehead atoms. The number of likely N-dealkylation sites (tertiary alicyclic amines) is 1. The summed E-state index contributed by atoms with van der Waals surface area (Å²) in [5.41, 5.74) is 0.0220. The number of nitrogens with one attached hydrogen (secondary N) is 1. The summed E-state index contributed by atoms with van der Waals surface area (Å²) < 4.78 is 39.2. The van der Waals surface area contributed by atoms with Gasteiger partial charge in [0.05, 0.1) is 5.52 Å². The van der Waals surface area contributed by atoms with Gasteiger partial charge in [-0.3, -0.25) is 0 Å². The average Bonchev–Trinajstić information content (AvgIpc) is 2.59. The van der Waals surface area contributed by atoms with E-state index in [9.17, 15) is 13.2 Å². The molecule has 1 saturated heterocycles. The zero-order valence-electron chi connectivity index (χ0n) is 14.4. The zero-order chi connectivity index (χ0) is 17.9. The molecule has 1 fully saturated rings. The Morgan fingerprint density at radius 1 is 1.20 bits per heavy atom. The highest BCUT2D eigenvalue weighted by molar-refractivity contribution is 5.91. The molecular weight excluding hydrogens is 327 g/mol. The van der Waals surface area contributed by atoms with E-state index < -0.39 is 11.9 Å². The standard InChI is InChI=1S/C19H24F3N3/c1-14-7-11-25(12-8-14)10-4-9-23-17-13-18(19(20,21)22)24-16-6-3-2-5-15(16)17/h2-3,5-6,13-14H,4,7-12H2,1H3,(H,23,24). The van der Waals surface area contributed by atoms with E-state index in [0.717, 1.165) is 43.4 Å². The number of anilines is 1. The van der Waals surface area contributed by atoms with Crippen molar-refractivity contribution in [2.75, 3.05) is 31.5 Å². The molecule has 0 amide bonds. The minimum Gasteiger partial charge on any atom is -0.384 e. The molecule has 0 saturated carbocycles. The Balaban J connectivity index is 1.64. The predicted octanol–water partition coefficient (Wildman–Crippen LogP) is 4.79. The smallest absolute Gasteiger partial charge is 0.384 e. The highest BCUT2D eigenvalue weighted by Gasteiger charge is 2.33. The van der Waals surface area contributed by atoms with Crippen LogP contribution in [0.25, 0.3) is 10.9 Å². The molecular formula is C19H24F3N3. The third-order valence-corrected chi connectivity index (χ3v) is 4.85. The number of fused-ring (bicyclic) bond motifs is 1. The highest BCUT2D eigenvalue weighted by Crippen LogP contribution is 2.33. The fourth-order valence-corrected chi connectivity index (χ4v) is 3.28. The maximum Gasteiger partial charge on any atom is 0.433 e. The average molecular weight is 351 g/mol. The summed E-state index contributed by atoms with van der Waals surface area (Å²) in [4.78, 5) is 6.18. The van der Waals surface area contributed by atoms with E-state index in [-0.39, 0.29) is 0 Å². The van der Waals surface area contributed by atoms with Gasteiger partial charge in [0, 0.05) is 17.6 Å². The highest BCUT2D eigenvalue weighted by atomic mass is 19.4.